The number of hydrogen-bond donors (Lipinski definition) is 2. The number of thiocarbonyl (C=S) groups is 1. The van der Waals surface area contributed by atoms with Gasteiger partial charge in [0.25, 0.3) is 0 Å². The Morgan fingerprint density at radius 2 is 1.96 bits per heavy atom. The summed E-state index contributed by atoms with van der Waals surface area (Å²) < 4.78 is 17.6. The number of hydrogen-bond acceptors (Lipinski definition) is 3. The average Bonchev–Trinajstić information content (AvgIpc) is 3.09. The first kappa shape index (κ1) is 20.3. The molecule has 3 rings (SSSR count). The van der Waals surface area contributed by atoms with Crippen LogP contribution >= 0.6 is 23.8 Å². The monoisotopic (exact) mass is 420 g/mol. The van der Waals surface area contributed by atoms with Crippen LogP contribution in [0.15, 0.2) is 24.4 Å². The molecule has 2 N–H and O–H groups in total. The minimum atomic E-state index is -0.349. The summed E-state index contributed by atoms with van der Waals surface area (Å²) in [5.41, 5.74) is 4.86. The summed E-state index contributed by atoms with van der Waals surface area (Å²) in [7, 11) is 1.88. The van der Waals surface area contributed by atoms with Crippen molar-refractivity contribution in [3.63, 3.8) is 0 Å². The number of halogens is 2. The highest BCUT2D eigenvalue weighted by atomic mass is 35.5. The zero-order valence-electron chi connectivity index (χ0n) is 16.2. The van der Waals surface area contributed by atoms with Crippen molar-refractivity contribution < 1.29 is 4.39 Å². The first-order valence-electron chi connectivity index (χ1n) is 8.77. The number of benzene rings is 1. The van der Waals surface area contributed by atoms with Crippen molar-refractivity contribution in [2.24, 2.45) is 7.05 Å². The molecule has 0 aliphatic heterocycles. The molecule has 2 heterocycles. The first-order valence-corrected chi connectivity index (χ1v) is 9.55. The molecule has 0 amide bonds. The number of nitrogens with zero attached hydrogens (tertiary/aromatic N) is 4. The Morgan fingerprint density at radius 1 is 1.21 bits per heavy atom. The van der Waals surface area contributed by atoms with Gasteiger partial charge in [-0.3, -0.25) is 9.36 Å². The van der Waals surface area contributed by atoms with Gasteiger partial charge in [0.2, 0.25) is 0 Å². The van der Waals surface area contributed by atoms with Gasteiger partial charge in [-0.15, -0.1) is 0 Å². The second kappa shape index (κ2) is 8.28. The van der Waals surface area contributed by atoms with Gasteiger partial charge in [0, 0.05) is 35.9 Å². The van der Waals surface area contributed by atoms with E-state index in [1.54, 1.807) is 21.5 Å². The van der Waals surface area contributed by atoms with E-state index < -0.39 is 0 Å². The van der Waals surface area contributed by atoms with Crippen molar-refractivity contribution in [2.45, 2.75) is 33.9 Å². The fraction of sp³-hybridized carbons (Fsp3) is 0.316. The summed E-state index contributed by atoms with van der Waals surface area (Å²) in [5, 5.41) is 16.1. The van der Waals surface area contributed by atoms with Gasteiger partial charge in [-0.2, -0.15) is 10.2 Å². The standard InChI is InChI=1S/C19H22ClFN6S/c1-11-14(9-26(4)24-11)8-22-19(28)23-18-12(2)25-27(13(18)3)10-15-16(20)6-5-7-17(15)21/h5-7,9H,8,10H2,1-4H3,(H2,22,23,28). The number of nitrogens with one attached hydrogen (secondary N) is 2. The molecule has 0 aliphatic rings. The van der Waals surface area contributed by atoms with Crippen LogP contribution in [0, 0.1) is 26.6 Å². The van der Waals surface area contributed by atoms with Crippen LogP contribution < -0.4 is 10.6 Å². The Balaban J connectivity index is 1.71. The molecule has 0 unspecified atom stereocenters. The van der Waals surface area contributed by atoms with Crippen molar-refractivity contribution in [1.82, 2.24) is 24.9 Å². The zero-order valence-corrected chi connectivity index (χ0v) is 17.7. The number of aryl methyl sites for hydroxylation is 3. The van der Waals surface area contributed by atoms with E-state index in [2.05, 4.69) is 20.8 Å². The van der Waals surface area contributed by atoms with E-state index in [9.17, 15) is 4.39 Å². The SMILES string of the molecule is Cc1nn(C)cc1CNC(=S)Nc1c(C)nn(Cc2c(F)cccc2Cl)c1C. The highest BCUT2D eigenvalue weighted by molar-refractivity contribution is 7.80. The fourth-order valence-electron chi connectivity index (χ4n) is 3.02. The zero-order chi connectivity index (χ0) is 20.4. The fourth-order valence-corrected chi connectivity index (χ4v) is 3.42. The normalized spacial score (nSPS) is 10.9. The van der Waals surface area contributed by atoms with Gasteiger partial charge in [0.15, 0.2) is 5.11 Å². The van der Waals surface area contributed by atoms with Crippen LogP contribution in [0.25, 0.3) is 0 Å². The predicted molar refractivity (Wildman–Crippen MR) is 113 cm³/mol. The average molecular weight is 421 g/mol. The molecule has 2 aromatic heterocycles. The van der Waals surface area contributed by atoms with E-state index >= 15 is 0 Å². The van der Waals surface area contributed by atoms with Gasteiger partial charge in [0.05, 0.1) is 29.3 Å². The third-order valence-electron chi connectivity index (χ3n) is 4.54. The molecule has 148 valence electrons. The van der Waals surface area contributed by atoms with E-state index in [0.717, 1.165) is 28.3 Å². The van der Waals surface area contributed by atoms with E-state index in [1.165, 1.54) is 6.07 Å². The summed E-state index contributed by atoms with van der Waals surface area (Å²) in [6.45, 7) is 6.56. The highest BCUT2D eigenvalue weighted by Gasteiger charge is 2.16. The van der Waals surface area contributed by atoms with Crippen LogP contribution in [0.3, 0.4) is 0 Å². The summed E-state index contributed by atoms with van der Waals surface area (Å²) in [6, 6.07) is 4.65. The molecule has 0 fully saturated rings. The van der Waals surface area contributed by atoms with E-state index in [4.69, 9.17) is 23.8 Å². The quantitative estimate of drug-likeness (QED) is 0.613. The maximum absolute atomic E-state index is 14.1. The van der Waals surface area contributed by atoms with Crippen LogP contribution in [0.1, 0.15) is 28.2 Å². The first-order chi connectivity index (χ1) is 13.3. The van der Waals surface area contributed by atoms with Crippen molar-refractivity contribution in [2.75, 3.05) is 5.32 Å². The maximum Gasteiger partial charge on any atom is 0.171 e. The molecule has 0 spiro atoms. The van der Waals surface area contributed by atoms with Gasteiger partial charge < -0.3 is 10.6 Å². The summed E-state index contributed by atoms with van der Waals surface area (Å²) in [4.78, 5) is 0. The molecule has 1 aromatic carbocycles. The highest BCUT2D eigenvalue weighted by Crippen LogP contribution is 2.24. The topological polar surface area (TPSA) is 59.7 Å². The Morgan fingerprint density at radius 3 is 2.61 bits per heavy atom. The predicted octanol–water partition coefficient (Wildman–Crippen LogP) is 3.87. The van der Waals surface area contributed by atoms with E-state index in [1.807, 2.05) is 34.0 Å². The van der Waals surface area contributed by atoms with Crippen LogP contribution in [0.5, 0.6) is 0 Å². The minimum Gasteiger partial charge on any atom is -0.358 e. The smallest absolute Gasteiger partial charge is 0.171 e. The van der Waals surface area contributed by atoms with Crippen molar-refractivity contribution >= 4 is 34.6 Å². The number of rotatable bonds is 5. The molecular formula is C19H22ClFN6S. The Bertz CT molecular complexity index is 1010. The van der Waals surface area contributed by atoms with Crippen LogP contribution in [0.4, 0.5) is 10.1 Å². The molecular weight excluding hydrogens is 399 g/mol. The molecule has 0 atom stereocenters. The second-order valence-electron chi connectivity index (χ2n) is 6.62. The van der Waals surface area contributed by atoms with E-state index in [0.29, 0.717) is 22.2 Å². The molecule has 6 nitrogen and oxygen atoms in total. The van der Waals surface area contributed by atoms with Crippen molar-refractivity contribution in [1.29, 1.82) is 0 Å². The molecule has 0 aliphatic carbocycles. The van der Waals surface area contributed by atoms with Crippen LogP contribution in [-0.4, -0.2) is 24.7 Å². The Hall–Kier alpha value is -2.45. The second-order valence-corrected chi connectivity index (χ2v) is 7.44. The molecule has 28 heavy (non-hydrogen) atoms. The third kappa shape index (κ3) is 4.34. The largest absolute Gasteiger partial charge is 0.358 e. The minimum absolute atomic E-state index is 0.245. The van der Waals surface area contributed by atoms with Crippen LogP contribution in [0.2, 0.25) is 5.02 Å². The Kier molecular flexibility index (Phi) is 6.00. The number of anilines is 1. The lowest BCUT2D eigenvalue weighted by Crippen LogP contribution is -2.28. The van der Waals surface area contributed by atoms with Gasteiger partial charge in [0.1, 0.15) is 5.82 Å². The molecule has 0 radical (unpaired) electrons. The Labute approximate surface area is 173 Å². The molecule has 0 bridgehead atoms. The van der Waals surface area contributed by atoms with Gasteiger partial charge in [-0.25, -0.2) is 4.39 Å². The van der Waals surface area contributed by atoms with Gasteiger partial charge >= 0.3 is 0 Å². The molecule has 0 saturated carbocycles. The lowest BCUT2D eigenvalue weighted by molar-refractivity contribution is 0.579. The van der Waals surface area contributed by atoms with Crippen LogP contribution in [-0.2, 0) is 20.1 Å². The lowest BCUT2D eigenvalue weighted by Gasteiger charge is -2.11. The summed E-state index contributed by atoms with van der Waals surface area (Å²) >= 11 is 11.6. The van der Waals surface area contributed by atoms with Crippen molar-refractivity contribution in [3.8, 4) is 0 Å². The van der Waals surface area contributed by atoms with Gasteiger partial charge in [-0.05, 0) is 45.1 Å². The molecule has 3 aromatic rings. The third-order valence-corrected chi connectivity index (χ3v) is 5.14. The lowest BCUT2D eigenvalue weighted by atomic mass is 10.2. The van der Waals surface area contributed by atoms with Crippen molar-refractivity contribution in [3.05, 3.63) is 63.4 Å². The maximum atomic E-state index is 14.1. The molecule has 0 saturated heterocycles. The van der Waals surface area contributed by atoms with Gasteiger partial charge in [-0.1, -0.05) is 17.7 Å². The van der Waals surface area contributed by atoms with E-state index in [-0.39, 0.29) is 12.4 Å². The summed E-state index contributed by atoms with van der Waals surface area (Å²) in [5.74, 6) is -0.349. The number of aromatic nitrogens is 4. The summed E-state index contributed by atoms with van der Waals surface area (Å²) in [6.07, 6.45) is 1.96. The molecule has 9 heteroatoms.